The molecular weight excluding hydrogens is 196 g/mol. The molecule has 0 atom stereocenters. The number of para-hydroxylation sites is 1. The van der Waals surface area contributed by atoms with Crippen molar-refractivity contribution in [3.05, 3.63) is 41.7 Å². The van der Waals surface area contributed by atoms with E-state index in [1.165, 1.54) is 27.4 Å². The predicted octanol–water partition coefficient (Wildman–Crippen LogP) is 3.34. The highest BCUT2D eigenvalue weighted by Crippen LogP contribution is 2.31. The Labute approximate surface area is 94.5 Å². The molecule has 0 radical (unpaired) electrons. The van der Waals surface area contributed by atoms with Crippen LogP contribution in [0.2, 0.25) is 0 Å². The molecule has 2 heterocycles. The van der Waals surface area contributed by atoms with E-state index in [-0.39, 0.29) is 0 Å². The predicted molar refractivity (Wildman–Crippen MR) is 67.7 cm³/mol. The molecular formula is C14H14N2. The van der Waals surface area contributed by atoms with Crippen molar-refractivity contribution in [3.8, 4) is 0 Å². The van der Waals surface area contributed by atoms with Crippen molar-refractivity contribution >= 4 is 21.8 Å². The van der Waals surface area contributed by atoms with E-state index in [0.717, 1.165) is 5.69 Å². The van der Waals surface area contributed by atoms with Crippen LogP contribution in [0, 0.1) is 13.8 Å². The van der Waals surface area contributed by atoms with Gasteiger partial charge >= 0.3 is 0 Å². The largest absolute Gasteiger partial charge is 0.343 e. The van der Waals surface area contributed by atoms with Gasteiger partial charge in [-0.05, 0) is 25.5 Å². The summed E-state index contributed by atoms with van der Waals surface area (Å²) in [5.41, 5.74) is 4.92. The fourth-order valence-corrected chi connectivity index (χ4v) is 2.54. The van der Waals surface area contributed by atoms with E-state index in [9.17, 15) is 0 Å². The van der Waals surface area contributed by atoms with E-state index in [0.29, 0.717) is 0 Å². The molecule has 0 amide bonds. The maximum absolute atomic E-state index is 4.46. The summed E-state index contributed by atoms with van der Waals surface area (Å²) in [6.45, 7) is 4.20. The topological polar surface area (TPSA) is 17.8 Å². The Morgan fingerprint density at radius 3 is 2.69 bits per heavy atom. The number of hydrogen-bond acceptors (Lipinski definition) is 1. The Morgan fingerprint density at radius 1 is 1.12 bits per heavy atom. The summed E-state index contributed by atoms with van der Waals surface area (Å²) in [4.78, 5) is 4.46. The van der Waals surface area contributed by atoms with Crippen LogP contribution >= 0.6 is 0 Å². The monoisotopic (exact) mass is 210 g/mol. The van der Waals surface area contributed by atoms with Crippen LogP contribution in [0.5, 0.6) is 0 Å². The third-order valence-electron chi connectivity index (χ3n) is 3.29. The van der Waals surface area contributed by atoms with Crippen molar-refractivity contribution < 1.29 is 0 Å². The number of hydrogen-bond donors (Lipinski definition) is 0. The average Bonchev–Trinajstić information content (AvgIpc) is 2.60. The van der Waals surface area contributed by atoms with Crippen LogP contribution in [0.1, 0.15) is 11.3 Å². The summed E-state index contributed by atoms with van der Waals surface area (Å²) in [5.74, 6) is 0. The summed E-state index contributed by atoms with van der Waals surface area (Å²) < 4.78 is 2.26. The fraction of sp³-hybridized carbons (Fsp3) is 0.214. The Morgan fingerprint density at radius 2 is 1.88 bits per heavy atom. The van der Waals surface area contributed by atoms with Crippen molar-refractivity contribution in [2.75, 3.05) is 0 Å². The van der Waals surface area contributed by atoms with Crippen LogP contribution < -0.4 is 0 Å². The summed E-state index contributed by atoms with van der Waals surface area (Å²) in [6, 6.07) is 8.50. The van der Waals surface area contributed by atoms with E-state index in [2.05, 4.69) is 54.7 Å². The minimum Gasteiger partial charge on any atom is -0.343 e. The molecule has 80 valence electrons. The zero-order valence-corrected chi connectivity index (χ0v) is 9.78. The second kappa shape index (κ2) is 3.08. The quantitative estimate of drug-likeness (QED) is 0.556. The molecule has 0 aliphatic carbocycles. The second-order valence-corrected chi connectivity index (χ2v) is 4.33. The van der Waals surface area contributed by atoms with Crippen LogP contribution in [0.4, 0.5) is 0 Å². The van der Waals surface area contributed by atoms with Crippen LogP contribution in [0.25, 0.3) is 21.8 Å². The molecule has 2 heteroatoms. The van der Waals surface area contributed by atoms with Crippen LogP contribution in [0.15, 0.2) is 30.5 Å². The van der Waals surface area contributed by atoms with Gasteiger partial charge < -0.3 is 4.57 Å². The molecule has 0 aliphatic rings. The first-order valence-electron chi connectivity index (χ1n) is 5.49. The van der Waals surface area contributed by atoms with E-state index < -0.39 is 0 Å². The number of pyridine rings is 1. The zero-order chi connectivity index (χ0) is 11.3. The first-order valence-corrected chi connectivity index (χ1v) is 5.49. The highest BCUT2D eigenvalue weighted by molar-refractivity contribution is 6.09. The first-order chi connectivity index (χ1) is 7.70. The minimum absolute atomic E-state index is 1.11. The first kappa shape index (κ1) is 9.40. The lowest BCUT2D eigenvalue weighted by Gasteiger charge is -2.02. The van der Waals surface area contributed by atoms with Crippen molar-refractivity contribution in [2.45, 2.75) is 13.8 Å². The van der Waals surface area contributed by atoms with Crippen molar-refractivity contribution in [3.63, 3.8) is 0 Å². The molecule has 0 saturated carbocycles. The molecule has 3 rings (SSSR count). The molecule has 0 saturated heterocycles. The molecule has 0 unspecified atom stereocenters. The highest BCUT2D eigenvalue weighted by atomic mass is 14.9. The maximum atomic E-state index is 4.46. The number of fused-ring (bicyclic) bond motifs is 3. The van der Waals surface area contributed by atoms with Gasteiger partial charge in [0.1, 0.15) is 0 Å². The molecule has 0 aliphatic heterocycles. The lowest BCUT2D eigenvalue weighted by Crippen LogP contribution is -1.91. The van der Waals surface area contributed by atoms with Crippen molar-refractivity contribution in [1.82, 2.24) is 9.55 Å². The third kappa shape index (κ3) is 1.04. The van der Waals surface area contributed by atoms with E-state index in [4.69, 9.17) is 0 Å². The minimum atomic E-state index is 1.11. The van der Waals surface area contributed by atoms with Gasteiger partial charge in [-0.3, -0.25) is 4.98 Å². The zero-order valence-electron chi connectivity index (χ0n) is 9.78. The molecule has 16 heavy (non-hydrogen) atoms. The van der Waals surface area contributed by atoms with Gasteiger partial charge in [0.05, 0.1) is 5.52 Å². The van der Waals surface area contributed by atoms with Gasteiger partial charge in [0.15, 0.2) is 0 Å². The molecule has 0 N–H and O–H groups in total. The molecule has 0 bridgehead atoms. The standard InChI is InChI=1S/C14H14N2/c1-9-8-15-10(2)13-11-6-4-5-7-12(11)16(3)14(9)13/h4-8H,1-3H3. The van der Waals surface area contributed by atoms with Gasteiger partial charge in [0, 0.05) is 35.2 Å². The second-order valence-electron chi connectivity index (χ2n) is 4.33. The van der Waals surface area contributed by atoms with Crippen LogP contribution in [-0.2, 0) is 7.05 Å². The lowest BCUT2D eigenvalue weighted by molar-refractivity contribution is 1.00. The van der Waals surface area contributed by atoms with Gasteiger partial charge in [-0.15, -0.1) is 0 Å². The normalized spacial score (nSPS) is 11.4. The van der Waals surface area contributed by atoms with E-state index in [1.807, 2.05) is 6.20 Å². The Balaban J connectivity index is 2.72. The van der Waals surface area contributed by atoms with Gasteiger partial charge in [-0.1, -0.05) is 18.2 Å². The number of aryl methyl sites for hydroxylation is 3. The number of rotatable bonds is 0. The van der Waals surface area contributed by atoms with Gasteiger partial charge in [-0.25, -0.2) is 0 Å². The molecule has 3 aromatic rings. The van der Waals surface area contributed by atoms with E-state index in [1.54, 1.807) is 0 Å². The summed E-state index contributed by atoms with van der Waals surface area (Å²) in [6.07, 6.45) is 1.95. The summed E-state index contributed by atoms with van der Waals surface area (Å²) in [5, 5.41) is 2.59. The fourth-order valence-electron chi connectivity index (χ4n) is 2.54. The molecule has 0 spiro atoms. The number of nitrogens with zero attached hydrogens (tertiary/aromatic N) is 2. The summed E-state index contributed by atoms with van der Waals surface area (Å²) >= 11 is 0. The Hall–Kier alpha value is -1.83. The van der Waals surface area contributed by atoms with Gasteiger partial charge in [0.25, 0.3) is 0 Å². The smallest absolute Gasteiger partial charge is 0.0552 e. The Kier molecular flexibility index (Phi) is 1.81. The SMILES string of the molecule is Cc1ncc(C)c2c1c1ccccc1n2C. The van der Waals surface area contributed by atoms with Gasteiger partial charge in [-0.2, -0.15) is 0 Å². The molecule has 2 aromatic heterocycles. The van der Waals surface area contributed by atoms with Crippen molar-refractivity contribution in [2.24, 2.45) is 7.05 Å². The van der Waals surface area contributed by atoms with Crippen molar-refractivity contribution in [1.29, 1.82) is 0 Å². The lowest BCUT2D eigenvalue weighted by atomic mass is 10.1. The highest BCUT2D eigenvalue weighted by Gasteiger charge is 2.11. The third-order valence-corrected chi connectivity index (χ3v) is 3.29. The molecule has 0 fully saturated rings. The van der Waals surface area contributed by atoms with Crippen LogP contribution in [-0.4, -0.2) is 9.55 Å². The summed E-state index contributed by atoms with van der Waals surface area (Å²) in [7, 11) is 2.12. The van der Waals surface area contributed by atoms with E-state index >= 15 is 0 Å². The molecule has 2 nitrogen and oxygen atoms in total. The van der Waals surface area contributed by atoms with Crippen LogP contribution in [0.3, 0.4) is 0 Å². The maximum Gasteiger partial charge on any atom is 0.0552 e. The number of benzene rings is 1. The number of aromatic nitrogens is 2. The molecule has 1 aromatic carbocycles. The van der Waals surface area contributed by atoms with Gasteiger partial charge in [0.2, 0.25) is 0 Å². The Bertz CT molecular complexity index is 693. The average molecular weight is 210 g/mol.